The summed E-state index contributed by atoms with van der Waals surface area (Å²) < 4.78 is 1.33. The molecule has 3 aromatic rings. The van der Waals surface area contributed by atoms with Gasteiger partial charge in [0.2, 0.25) is 0 Å². The zero-order valence-electron chi connectivity index (χ0n) is 9.84. The lowest BCUT2D eigenvalue weighted by Gasteiger charge is -2.02. The number of aromatic amines is 1. The molecule has 0 saturated carbocycles. The van der Waals surface area contributed by atoms with E-state index in [-0.39, 0.29) is 5.56 Å². The number of nitrogens with one attached hydrogen (secondary N) is 1. The number of benzene rings is 1. The largest absolute Gasteiger partial charge is 0.384 e. The second kappa shape index (κ2) is 3.73. The van der Waals surface area contributed by atoms with Crippen LogP contribution in [0.2, 0.25) is 0 Å². The van der Waals surface area contributed by atoms with Crippen molar-refractivity contribution in [3.63, 3.8) is 0 Å². The van der Waals surface area contributed by atoms with Gasteiger partial charge in [0.25, 0.3) is 5.56 Å². The van der Waals surface area contributed by atoms with E-state index in [1.165, 1.54) is 10.6 Å². The molecule has 5 nitrogen and oxygen atoms in total. The molecule has 3 N–H and O–H groups in total. The van der Waals surface area contributed by atoms with Gasteiger partial charge in [-0.15, -0.1) is 0 Å². The Morgan fingerprint density at radius 3 is 2.89 bits per heavy atom. The molecule has 18 heavy (non-hydrogen) atoms. The van der Waals surface area contributed by atoms with Crippen molar-refractivity contribution in [1.29, 1.82) is 0 Å². The summed E-state index contributed by atoms with van der Waals surface area (Å²) >= 11 is 0. The fourth-order valence-electron chi connectivity index (χ4n) is 1.96. The van der Waals surface area contributed by atoms with Crippen LogP contribution in [0.4, 0.5) is 5.82 Å². The minimum Gasteiger partial charge on any atom is -0.384 e. The number of hydrogen-bond acceptors (Lipinski definition) is 3. The van der Waals surface area contributed by atoms with E-state index in [4.69, 9.17) is 5.73 Å². The van der Waals surface area contributed by atoms with Crippen LogP contribution >= 0.6 is 0 Å². The highest BCUT2D eigenvalue weighted by atomic mass is 16.1. The number of aromatic nitrogens is 3. The van der Waals surface area contributed by atoms with Gasteiger partial charge in [0.1, 0.15) is 5.82 Å². The number of anilines is 1. The first-order valence-electron chi connectivity index (χ1n) is 5.59. The molecule has 0 amide bonds. The molecule has 0 atom stereocenters. The lowest BCUT2D eigenvalue weighted by atomic mass is 10.1. The summed E-state index contributed by atoms with van der Waals surface area (Å²) in [6, 6.07) is 11.0. The zero-order chi connectivity index (χ0) is 12.7. The number of fused-ring (bicyclic) bond motifs is 1. The molecular weight excluding hydrogens is 228 g/mol. The maximum Gasteiger partial charge on any atom is 0.273 e. The minimum atomic E-state index is -0.173. The van der Waals surface area contributed by atoms with Gasteiger partial charge in [-0.25, -0.2) is 4.98 Å². The van der Waals surface area contributed by atoms with E-state index in [0.717, 1.165) is 11.1 Å². The summed E-state index contributed by atoms with van der Waals surface area (Å²) in [4.78, 5) is 16.3. The molecule has 0 saturated heterocycles. The number of hydrogen-bond donors (Lipinski definition) is 2. The van der Waals surface area contributed by atoms with E-state index in [2.05, 4.69) is 10.1 Å². The fraction of sp³-hybridized carbons (Fsp3) is 0.0769. The predicted molar refractivity (Wildman–Crippen MR) is 70.4 cm³/mol. The van der Waals surface area contributed by atoms with Crippen molar-refractivity contribution >= 4 is 11.5 Å². The number of H-pyrrole nitrogens is 1. The molecule has 1 aromatic carbocycles. The van der Waals surface area contributed by atoms with Crippen molar-refractivity contribution in [1.82, 2.24) is 14.6 Å². The Kier molecular flexibility index (Phi) is 2.19. The first kappa shape index (κ1) is 10.6. The van der Waals surface area contributed by atoms with Crippen molar-refractivity contribution in [2.24, 2.45) is 0 Å². The van der Waals surface area contributed by atoms with Gasteiger partial charge in [-0.3, -0.25) is 9.89 Å². The monoisotopic (exact) mass is 240 g/mol. The van der Waals surface area contributed by atoms with E-state index in [0.29, 0.717) is 17.2 Å². The van der Waals surface area contributed by atoms with Crippen molar-refractivity contribution < 1.29 is 0 Å². The smallest absolute Gasteiger partial charge is 0.273 e. The maximum atomic E-state index is 11.9. The van der Waals surface area contributed by atoms with Crippen molar-refractivity contribution in [2.75, 3.05) is 5.73 Å². The molecule has 2 heterocycles. The molecule has 3 rings (SSSR count). The average Bonchev–Trinajstić information content (AvgIpc) is 2.70. The summed E-state index contributed by atoms with van der Waals surface area (Å²) in [5.74, 6) is 0.418. The van der Waals surface area contributed by atoms with Crippen LogP contribution < -0.4 is 11.3 Å². The quantitative estimate of drug-likeness (QED) is 0.678. The Bertz CT molecular complexity index is 785. The van der Waals surface area contributed by atoms with Gasteiger partial charge in [-0.2, -0.15) is 4.52 Å². The van der Waals surface area contributed by atoms with Gasteiger partial charge < -0.3 is 5.73 Å². The lowest BCUT2D eigenvalue weighted by molar-refractivity contribution is 0.906. The number of nitrogens with zero attached hydrogens (tertiary/aromatic N) is 2. The van der Waals surface area contributed by atoms with E-state index in [9.17, 15) is 4.79 Å². The molecule has 0 aliphatic heterocycles. The van der Waals surface area contributed by atoms with Crippen LogP contribution in [0.25, 0.3) is 16.9 Å². The van der Waals surface area contributed by atoms with Crippen LogP contribution in [0.1, 0.15) is 5.56 Å². The first-order valence-corrected chi connectivity index (χ1v) is 5.59. The summed E-state index contributed by atoms with van der Waals surface area (Å²) in [5.41, 5.74) is 8.68. The summed E-state index contributed by atoms with van der Waals surface area (Å²) in [5, 5.41) is 2.74. The third kappa shape index (κ3) is 1.66. The van der Waals surface area contributed by atoms with Crippen LogP contribution in [-0.4, -0.2) is 14.6 Å². The van der Waals surface area contributed by atoms with Crippen LogP contribution in [0, 0.1) is 6.92 Å². The third-order valence-electron chi connectivity index (χ3n) is 2.78. The zero-order valence-corrected chi connectivity index (χ0v) is 9.84. The molecule has 5 heteroatoms. The molecule has 0 aliphatic rings. The summed E-state index contributed by atoms with van der Waals surface area (Å²) in [6.07, 6.45) is 0. The summed E-state index contributed by atoms with van der Waals surface area (Å²) in [7, 11) is 0. The topological polar surface area (TPSA) is 76.2 Å². The highest BCUT2D eigenvalue weighted by Gasteiger charge is 2.06. The number of nitrogen functional groups attached to an aromatic ring is 1. The number of aryl methyl sites for hydroxylation is 1. The Labute approximate surface area is 103 Å². The molecule has 0 spiro atoms. The molecule has 0 radical (unpaired) electrons. The van der Waals surface area contributed by atoms with Crippen LogP contribution in [0.15, 0.2) is 41.2 Å². The molecule has 0 bridgehead atoms. The second-order valence-electron chi connectivity index (χ2n) is 4.25. The van der Waals surface area contributed by atoms with Crippen LogP contribution in [0.3, 0.4) is 0 Å². The van der Waals surface area contributed by atoms with Crippen molar-refractivity contribution in [3.05, 3.63) is 52.3 Å². The molecule has 0 fully saturated rings. The molecular formula is C13H12N4O. The SMILES string of the molecule is Cc1cccc(-c2cc(=O)n3[nH]c(N)cc3n2)c1. The Morgan fingerprint density at radius 2 is 2.11 bits per heavy atom. The maximum absolute atomic E-state index is 11.9. The van der Waals surface area contributed by atoms with Gasteiger partial charge in [0.15, 0.2) is 5.65 Å². The highest BCUT2D eigenvalue weighted by Crippen LogP contribution is 2.17. The van der Waals surface area contributed by atoms with Crippen molar-refractivity contribution in [2.45, 2.75) is 6.92 Å². The van der Waals surface area contributed by atoms with Crippen LogP contribution in [0.5, 0.6) is 0 Å². The normalized spacial score (nSPS) is 10.9. The first-order chi connectivity index (χ1) is 8.63. The van der Waals surface area contributed by atoms with E-state index in [1.807, 2.05) is 31.2 Å². The number of rotatable bonds is 1. The molecule has 0 aliphatic carbocycles. The lowest BCUT2D eigenvalue weighted by Crippen LogP contribution is -2.14. The Morgan fingerprint density at radius 1 is 1.28 bits per heavy atom. The van der Waals surface area contributed by atoms with Crippen LogP contribution in [-0.2, 0) is 0 Å². The standard InChI is InChI=1S/C13H12N4O/c1-8-3-2-4-9(5-8)10-6-13(18)17-12(15-10)7-11(14)16-17/h2-7,16H,14H2,1H3. The highest BCUT2D eigenvalue weighted by molar-refractivity contribution is 5.63. The van der Waals surface area contributed by atoms with Gasteiger partial charge in [0.05, 0.1) is 5.69 Å². The van der Waals surface area contributed by atoms with E-state index in [1.54, 1.807) is 6.07 Å². The Balaban J connectivity index is 2.27. The number of nitrogens with two attached hydrogens (primary N) is 1. The average molecular weight is 240 g/mol. The van der Waals surface area contributed by atoms with Gasteiger partial charge in [0, 0.05) is 17.7 Å². The molecule has 0 unspecified atom stereocenters. The minimum absolute atomic E-state index is 0.173. The van der Waals surface area contributed by atoms with Gasteiger partial charge in [-0.05, 0) is 13.0 Å². The fourth-order valence-corrected chi connectivity index (χ4v) is 1.96. The third-order valence-corrected chi connectivity index (χ3v) is 2.78. The van der Waals surface area contributed by atoms with E-state index < -0.39 is 0 Å². The molecule has 2 aromatic heterocycles. The summed E-state index contributed by atoms with van der Waals surface area (Å²) in [6.45, 7) is 2.00. The van der Waals surface area contributed by atoms with E-state index >= 15 is 0 Å². The van der Waals surface area contributed by atoms with Crippen molar-refractivity contribution in [3.8, 4) is 11.3 Å². The van der Waals surface area contributed by atoms with Gasteiger partial charge in [-0.1, -0.05) is 23.8 Å². The Hall–Kier alpha value is -2.56. The second-order valence-corrected chi connectivity index (χ2v) is 4.25. The van der Waals surface area contributed by atoms with Gasteiger partial charge >= 0.3 is 0 Å². The molecule has 90 valence electrons. The predicted octanol–water partition coefficient (Wildman–Crippen LogP) is 1.58.